The smallest absolute Gasteiger partial charge is 0.0372 e. The molecule has 1 atom stereocenters. The van der Waals surface area contributed by atoms with Crippen molar-refractivity contribution < 1.29 is 0 Å². The highest BCUT2D eigenvalue weighted by molar-refractivity contribution is 9.10. The summed E-state index contributed by atoms with van der Waals surface area (Å²) in [6, 6.07) is 7.29. The Morgan fingerprint density at radius 3 is 2.69 bits per heavy atom. The Morgan fingerprint density at radius 1 is 1.46 bits per heavy atom. The van der Waals surface area contributed by atoms with Crippen LogP contribution in [0.3, 0.4) is 0 Å². The molecule has 0 aliphatic carbocycles. The van der Waals surface area contributed by atoms with Gasteiger partial charge in [-0.15, -0.1) is 0 Å². The Bertz CT molecular complexity index is 322. The maximum atomic E-state index is 3.52. The number of aryl methyl sites for hydroxylation is 1. The third-order valence-corrected chi connectivity index (χ3v) is 3.68. The van der Waals surface area contributed by atoms with E-state index in [1.807, 2.05) is 0 Å². The molecule has 0 bridgehead atoms. The van der Waals surface area contributed by atoms with E-state index in [0.717, 1.165) is 6.04 Å². The van der Waals surface area contributed by atoms with Crippen molar-refractivity contribution >= 4 is 21.6 Å². The number of rotatable bonds is 1. The molecular formula is C11H14BrN. The van der Waals surface area contributed by atoms with E-state index in [9.17, 15) is 0 Å². The van der Waals surface area contributed by atoms with Crippen molar-refractivity contribution in [2.75, 3.05) is 11.4 Å². The first kappa shape index (κ1) is 9.07. The minimum absolute atomic E-state index is 0.723. The summed E-state index contributed by atoms with van der Waals surface area (Å²) >= 11 is 3.52. The van der Waals surface area contributed by atoms with Gasteiger partial charge in [-0.25, -0.2) is 0 Å². The van der Waals surface area contributed by atoms with Gasteiger partial charge in [0.15, 0.2) is 0 Å². The summed E-state index contributed by atoms with van der Waals surface area (Å²) < 4.78 is 1.20. The first-order valence-electron chi connectivity index (χ1n) is 4.71. The van der Waals surface area contributed by atoms with Crippen molar-refractivity contribution in [3.8, 4) is 0 Å². The van der Waals surface area contributed by atoms with Crippen LogP contribution in [0.5, 0.6) is 0 Å². The van der Waals surface area contributed by atoms with Crippen molar-refractivity contribution in [3.63, 3.8) is 0 Å². The molecule has 1 nitrogen and oxygen atoms in total. The van der Waals surface area contributed by atoms with Crippen LogP contribution >= 0.6 is 15.9 Å². The largest absolute Gasteiger partial charge is 0.369 e. The minimum atomic E-state index is 0.723. The van der Waals surface area contributed by atoms with Gasteiger partial charge in [0, 0.05) is 22.7 Å². The summed E-state index contributed by atoms with van der Waals surface area (Å²) in [5.74, 6) is 0. The second-order valence-electron chi connectivity index (χ2n) is 3.76. The molecule has 1 unspecified atom stereocenters. The van der Waals surface area contributed by atoms with E-state index >= 15 is 0 Å². The molecule has 1 saturated heterocycles. The molecule has 0 aromatic heterocycles. The molecule has 1 aromatic rings. The third-order valence-electron chi connectivity index (χ3n) is 2.79. The third kappa shape index (κ3) is 1.60. The molecule has 0 spiro atoms. The van der Waals surface area contributed by atoms with Gasteiger partial charge in [-0.2, -0.15) is 0 Å². The highest BCUT2D eigenvalue weighted by atomic mass is 79.9. The number of anilines is 1. The van der Waals surface area contributed by atoms with Crippen molar-refractivity contribution in [3.05, 3.63) is 28.2 Å². The first-order chi connectivity index (χ1) is 6.18. The van der Waals surface area contributed by atoms with Crippen LogP contribution in [0.25, 0.3) is 0 Å². The Kier molecular flexibility index (Phi) is 2.33. The van der Waals surface area contributed by atoms with Gasteiger partial charge in [-0.05, 0) is 44.0 Å². The Morgan fingerprint density at radius 2 is 2.23 bits per heavy atom. The Labute approximate surface area is 87.9 Å². The Hall–Kier alpha value is -0.500. The standard InChI is InChI=1S/C11H14BrN/c1-8-7-10(3-4-11(8)12)13-6-5-9(13)2/h3-4,7,9H,5-6H2,1-2H3. The molecule has 0 N–H and O–H groups in total. The lowest BCUT2D eigenvalue weighted by Crippen LogP contribution is -2.45. The summed E-state index contributed by atoms with van der Waals surface area (Å²) in [4.78, 5) is 2.44. The van der Waals surface area contributed by atoms with Crippen molar-refractivity contribution in [1.82, 2.24) is 0 Å². The quantitative estimate of drug-likeness (QED) is 0.727. The van der Waals surface area contributed by atoms with Crippen LogP contribution < -0.4 is 4.90 Å². The van der Waals surface area contributed by atoms with Crippen LogP contribution in [-0.4, -0.2) is 12.6 Å². The molecule has 70 valence electrons. The molecule has 13 heavy (non-hydrogen) atoms. The van der Waals surface area contributed by atoms with Gasteiger partial charge in [-0.3, -0.25) is 0 Å². The second kappa shape index (κ2) is 3.33. The van der Waals surface area contributed by atoms with E-state index < -0.39 is 0 Å². The van der Waals surface area contributed by atoms with Gasteiger partial charge in [0.1, 0.15) is 0 Å². The summed E-state index contributed by atoms with van der Waals surface area (Å²) in [5, 5.41) is 0. The molecule has 0 amide bonds. The van der Waals surface area contributed by atoms with Crippen LogP contribution in [0.15, 0.2) is 22.7 Å². The molecule has 1 aromatic carbocycles. The van der Waals surface area contributed by atoms with Crippen molar-refractivity contribution in [2.24, 2.45) is 0 Å². The lowest BCUT2D eigenvalue weighted by Gasteiger charge is -2.41. The maximum Gasteiger partial charge on any atom is 0.0372 e. The highest BCUT2D eigenvalue weighted by Gasteiger charge is 2.23. The van der Waals surface area contributed by atoms with Crippen LogP contribution in [0.1, 0.15) is 18.9 Å². The van der Waals surface area contributed by atoms with Gasteiger partial charge in [-0.1, -0.05) is 15.9 Å². The van der Waals surface area contributed by atoms with Crippen molar-refractivity contribution in [2.45, 2.75) is 26.3 Å². The predicted molar refractivity (Wildman–Crippen MR) is 60.3 cm³/mol. The average molecular weight is 240 g/mol. The van der Waals surface area contributed by atoms with Gasteiger partial charge in [0.2, 0.25) is 0 Å². The number of benzene rings is 1. The molecule has 0 saturated carbocycles. The van der Waals surface area contributed by atoms with Gasteiger partial charge >= 0.3 is 0 Å². The Balaban J connectivity index is 2.26. The van der Waals surface area contributed by atoms with Gasteiger partial charge in [0.05, 0.1) is 0 Å². The summed E-state index contributed by atoms with van der Waals surface area (Å²) in [6.07, 6.45) is 1.33. The predicted octanol–water partition coefficient (Wildman–Crippen LogP) is 3.36. The summed E-state index contributed by atoms with van der Waals surface area (Å²) in [5.41, 5.74) is 2.68. The van der Waals surface area contributed by atoms with Gasteiger partial charge < -0.3 is 4.90 Å². The first-order valence-corrected chi connectivity index (χ1v) is 5.50. The number of halogens is 1. The van der Waals surface area contributed by atoms with Crippen LogP contribution in [0.2, 0.25) is 0 Å². The molecule has 1 aliphatic heterocycles. The molecule has 1 heterocycles. The second-order valence-corrected chi connectivity index (χ2v) is 4.62. The van der Waals surface area contributed by atoms with E-state index in [2.05, 4.69) is 52.9 Å². The number of hydrogen-bond acceptors (Lipinski definition) is 1. The zero-order chi connectivity index (χ0) is 9.42. The number of hydrogen-bond donors (Lipinski definition) is 0. The fourth-order valence-corrected chi connectivity index (χ4v) is 1.95. The lowest BCUT2D eigenvalue weighted by molar-refractivity contribution is 0.481. The SMILES string of the molecule is Cc1cc(N2CCC2C)ccc1Br. The molecule has 1 aliphatic rings. The zero-order valence-corrected chi connectivity index (χ0v) is 9.63. The van der Waals surface area contributed by atoms with Crippen LogP contribution in [0.4, 0.5) is 5.69 Å². The monoisotopic (exact) mass is 239 g/mol. The van der Waals surface area contributed by atoms with Crippen LogP contribution in [-0.2, 0) is 0 Å². The van der Waals surface area contributed by atoms with E-state index in [4.69, 9.17) is 0 Å². The average Bonchev–Trinajstić information content (AvgIpc) is 2.09. The highest BCUT2D eigenvalue weighted by Crippen LogP contribution is 2.29. The normalized spacial score (nSPS) is 21.5. The van der Waals surface area contributed by atoms with E-state index in [0.29, 0.717) is 0 Å². The summed E-state index contributed by atoms with van der Waals surface area (Å²) in [7, 11) is 0. The van der Waals surface area contributed by atoms with Crippen molar-refractivity contribution in [1.29, 1.82) is 0 Å². The molecule has 2 heteroatoms. The number of nitrogens with zero attached hydrogens (tertiary/aromatic N) is 1. The fraction of sp³-hybridized carbons (Fsp3) is 0.455. The van der Waals surface area contributed by atoms with Crippen LogP contribution in [0, 0.1) is 6.92 Å². The topological polar surface area (TPSA) is 3.24 Å². The fourth-order valence-electron chi connectivity index (χ4n) is 1.71. The molecular weight excluding hydrogens is 226 g/mol. The lowest BCUT2D eigenvalue weighted by atomic mass is 10.0. The van der Waals surface area contributed by atoms with E-state index in [-0.39, 0.29) is 0 Å². The minimum Gasteiger partial charge on any atom is -0.369 e. The van der Waals surface area contributed by atoms with E-state index in [1.54, 1.807) is 0 Å². The zero-order valence-electron chi connectivity index (χ0n) is 8.05. The molecule has 1 fully saturated rings. The van der Waals surface area contributed by atoms with Gasteiger partial charge in [0.25, 0.3) is 0 Å². The molecule has 0 radical (unpaired) electrons. The van der Waals surface area contributed by atoms with E-state index in [1.165, 1.54) is 28.7 Å². The maximum absolute atomic E-state index is 3.52. The summed E-state index contributed by atoms with van der Waals surface area (Å²) in [6.45, 7) is 5.63. The molecule has 2 rings (SSSR count).